The van der Waals surface area contributed by atoms with Gasteiger partial charge in [-0.25, -0.2) is 0 Å². The summed E-state index contributed by atoms with van der Waals surface area (Å²) in [6.07, 6.45) is 3.50. The number of fused-ring (bicyclic) bond motifs is 2. The number of hydrogen-bond acceptors (Lipinski definition) is 5. The van der Waals surface area contributed by atoms with Gasteiger partial charge in [0.05, 0.1) is 41.5 Å². The van der Waals surface area contributed by atoms with Gasteiger partial charge in [0.25, 0.3) is 0 Å². The van der Waals surface area contributed by atoms with Crippen molar-refractivity contribution in [3.8, 4) is 0 Å². The fourth-order valence-corrected chi connectivity index (χ4v) is 5.04. The molecule has 6 heteroatoms. The maximum absolute atomic E-state index is 11.9. The molecule has 0 aliphatic heterocycles. The Balaban J connectivity index is 2.15. The van der Waals surface area contributed by atoms with Crippen LogP contribution in [-0.4, -0.2) is 57.4 Å². The van der Waals surface area contributed by atoms with E-state index in [-0.39, 0.29) is 30.0 Å². The highest BCUT2D eigenvalue weighted by atomic mass is 16.5. The smallest absolute Gasteiger partial charge is 0.309 e. The van der Waals surface area contributed by atoms with Crippen LogP contribution in [0.5, 0.6) is 0 Å². The normalized spacial score (nSPS) is 32.0. The van der Waals surface area contributed by atoms with E-state index in [0.717, 1.165) is 19.3 Å². The second kappa shape index (κ2) is 9.63. The minimum Gasteiger partial charge on any atom is -0.481 e. The van der Waals surface area contributed by atoms with E-state index in [9.17, 15) is 20.1 Å². The second-order valence-electron chi connectivity index (χ2n) is 10.7. The van der Waals surface area contributed by atoms with Crippen LogP contribution in [-0.2, 0) is 14.3 Å². The Kier molecular flexibility index (Phi) is 8.16. The summed E-state index contributed by atoms with van der Waals surface area (Å²) < 4.78 is 12.7. The molecule has 2 bridgehead atoms. The minimum atomic E-state index is -0.862. The molecule has 0 aromatic rings. The van der Waals surface area contributed by atoms with Crippen LogP contribution < -0.4 is 0 Å². The van der Waals surface area contributed by atoms with Crippen molar-refractivity contribution in [1.29, 1.82) is 0 Å². The lowest BCUT2D eigenvalue weighted by Crippen LogP contribution is -2.40. The van der Waals surface area contributed by atoms with Gasteiger partial charge in [-0.3, -0.25) is 4.79 Å². The standard InChI is InChI=1S/C23H42O6/c1-7-23(6,21(26)27)13-18(12-17(8-14(2)24)29-22(3,4)5)28-20-11-15-9-16(20)10-19(15)25/h14-20,24-25H,7-13H2,1-6H3,(H,26,27). The Morgan fingerprint density at radius 2 is 1.72 bits per heavy atom. The van der Waals surface area contributed by atoms with Crippen LogP contribution in [0.15, 0.2) is 0 Å². The molecule has 8 unspecified atom stereocenters. The Labute approximate surface area is 176 Å². The molecule has 2 saturated carbocycles. The van der Waals surface area contributed by atoms with E-state index < -0.39 is 17.5 Å². The number of carboxylic acids is 1. The summed E-state index contributed by atoms with van der Waals surface area (Å²) in [6, 6.07) is 0. The first-order valence-electron chi connectivity index (χ1n) is 11.3. The van der Waals surface area contributed by atoms with Gasteiger partial charge < -0.3 is 24.8 Å². The predicted molar refractivity (Wildman–Crippen MR) is 112 cm³/mol. The lowest BCUT2D eigenvalue weighted by molar-refractivity contribution is -0.155. The molecule has 2 rings (SSSR count). The molecule has 0 aromatic heterocycles. The SMILES string of the molecule is CCC(C)(CC(CC(CC(C)O)OC(C)(C)C)OC1CC2CC1CC2O)C(=O)O. The van der Waals surface area contributed by atoms with Crippen molar-refractivity contribution in [2.24, 2.45) is 17.3 Å². The molecule has 0 saturated heterocycles. The summed E-state index contributed by atoms with van der Waals surface area (Å²) >= 11 is 0. The Hall–Kier alpha value is -0.690. The number of ether oxygens (including phenoxy) is 2. The summed E-state index contributed by atoms with van der Waals surface area (Å²) in [5.41, 5.74) is -1.22. The highest BCUT2D eigenvalue weighted by molar-refractivity contribution is 5.74. The zero-order chi connectivity index (χ0) is 22.0. The van der Waals surface area contributed by atoms with Crippen LogP contribution >= 0.6 is 0 Å². The van der Waals surface area contributed by atoms with Crippen LogP contribution in [0.1, 0.15) is 86.5 Å². The Bertz CT molecular complexity index is 540. The number of aliphatic hydroxyl groups excluding tert-OH is 2. The Morgan fingerprint density at radius 3 is 2.14 bits per heavy atom. The molecule has 6 nitrogen and oxygen atoms in total. The molecule has 0 aromatic carbocycles. The van der Waals surface area contributed by atoms with Crippen molar-refractivity contribution in [1.82, 2.24) is 0 Å². The van der Waals surface area contributed by atoms with E-state index in [0.29, 0.717) is 37.5 Å². The number of hydrogen-bond donors (Lipinski definition) is 3. The van der Waals surface area contributed by atoms with Gasteiger partial charge >= 0.3 is 5.97 Å². The molecule has 29 heavy (non-hydrogen) atoms. The zero-order valence-corrected chi connectivity index (χ0v) is 19.1. The summed E-state index contributed by atoms with van der Waals surface area (Å²) in [5.74, 6) is -0.142. The third-order valence-corrected chi connectivity index (χ3v) is 6.75. The second-order valence-corrected chi connectivity index (χ2v) is 10.7. The van der Waals surface area contributed by atoms with Crippen molar-refractivity contribution < 1.29 is 29.6 Å². The maximum Gasteiger partial charge on any atom is 0.309 e. The van der Waals surface area contributed by atoms with Crippen molar-refractivity contribution in [2.75, 3.05) is 0 Å². The third-order valence-electron chi connectivity index (χ3n) is 6.75. The van der Waals surface area contributed by atoms with Gasteiger partial charge in [-0.2, -0.15) is 0 Å². The first kappa shape index (κ1) is 24.6. The van der Waals surface area contributed by atoms with Gasteiger partial charge in [0.2, 0.25) is 0 Å². The molecule has 2 fully saturated rings. The fraction of sp³-hybridized carbons (Fsp3) is 0.957. The number of rotatable bonds is 11. The van der Waals surface area contributed by atoms with Crippen LogP contribution in [0, 0.1) is 17.3 Å². The van der Waals surface area contributed by atoms with Crippen molar-refractivity contribution in [3.63, 3.8) is 0 Å². The number of carboxylic acid groups (broad SMARTS) is 1. The van der Waals surface area contributed by atoms with E-state index in [1.807, 2.05) is 27.7 Å². The topological polar surface area (TPSA) is 96.2 Å². The van der Waals surface area contributed by atoms with Gasteiger partial charge in [0, 0.05) is 0 Å². The molecular weight excluding hydrogens is 372 g/mol. The summed E-state index contributed by atoms with van der Waals surface area (Å²) in [4.78, 5) is 11.9. The molecule has 8 atom stereocenters. The highest BCUT2D eigenvalue weighted by Gasteiger charge is 2.47. The number of carbonyl (C=O) groups is 1. The van der Waals surface area contributed by atoms with E-state index in [2.05, 4.69) is 0 Å². The largest absolute Gasteiger partial charge is 0.481 e. The predicted octanol–water partition coefficient (Wildman–Crippen LogP) is 3.77. The van der Waals surface area contributed by atoms with Crippen LogP contribution in [0.4, 0.5) is 0 Å². The molecular formula is C23H42O6. The van der Waals surface area contributed by atoms with Crippen molar-refractivity contribution >= 4 is 5.97 Å². The van der Waals surface area contributed by atoms with Gasteiger partial charge in [-0.05, 0) is 91.4 Å². The number of aliphatic carboxylic acids is 1. The summed E-state index contributed by atoms with van der Waals surface area (Å²) in [5, 5.41) is 29.8. The molecule has 0 heterocycles. The number of aliphatic hydroxyl groups is 2. The van der Waals surface area contributed by atoms with E-state index in [1.165, 1.54) is 0 Å². The fourth-order valence-electron chi connectivity index (χ4n) is 5.04. The lowest BCUT2D eigenvalue weighted by Gasteiger charge is -2.36. The van der Waals surface area contributed by atoms with E-state index >= 15 is 0 Å². The van der Waals surface area contributed by atoms with E-state index in [4.69, 9.17) is 9.47 Å². The van der Waals surface area contributed by atoms with Gasteiger partial charge in [0.1, 0.15) is 0 Å². The highest BCUT2D eigenvalue weighted by Crippen LogP contribution is 2.47. The Morgan fingerprint density at radius 1 is 1.07 bits per heavy atom. The average Bonchev–Trinajstić information content (AvgIpc) is 3.11. The minimum absolute atomic E-state index is 0.0742. The quantitative estimate of drug-likeness (QED) is 0.476. The van der Waals surface area contributed by atoms with Gasteiger partial charge in [-0.1, -0.05) is 6.92 Å². The first-order chi connectivity index (χ1) is 13.3. The van der Waals surface area contributed by atoms with Gasteiger partial charge in [0.15, 0.2) is 0 Å². The van der Waals surface area contributed by atoms with E-state index in [1.54, 1.807) is 13.8 Å². The molecule has 170 valence electrons. The summed E-state index contributed by atoms with van der Waals surface area (Å²) in [7, 11) is 0. The van der Waals surface area contributed by atoms with Crippen LogP contribution in [0.3, 0.4) is 0 Å². The summed E-state index contributed by atoms with van der Waals surface area (Å²) in [6.45, 7) is 11.4. The molecule has 0 radical (unpaired) electrons. The zero-order valence-electron chi connectivity index (χ0n) is 19.1. The molecule has 3 N–H and O–H groups in total. The average molecular weight is 415 g/mol. The molecule has 2 aliphatic rings. The first-order valence-corrected chi connectivity index (χ1v) is 11.3. The maximum atomic E-state index is 11.9. The lowest BCUT2D eigenvalue weighted by atomic mass is 9.80. The molecule has 0 amide bonds. The van der Waals surface area contributed by atoms with Crippen LogP contribution in [0.2, 0.25) is 0 Å². The van der Waals surface area contributed by atoms with Gasteiger partial charge in [-0.15, -0.1) is 0 Å². The molecule has 0 spiro atoms. The molecule has 2 aliphatic carbocycles. The van der Waals surface area contributed by atoms with Crippen molar-refractivity contribution in [3.05, 3.63) is 0 Å². The van der Waals surface area contributed by atoms with Crippen LogP contribution in [0.25, 0.3) is 0 Å². The third kappa shape index (κ3) is 6.91. The van der Waals surface area contributed by atoms with Crippen molar-refractivity contribution in [2.45, 2.75) is 123 Å². The monoisotopic (exact) mass is 414 g/mol.